The zero-order valence-electron chi connectivity index (χ0n) is 16.4. The number of nitrogens with one attached hydrogen (secondary N) is 1. The molecule has 9 heteroatoms. The summed E-state index contributed by atoms with van der Waals surface area (Å²) in [5.41, 5.74) is -0.0957. The summed E-state index contributed by atoms with van der Waals surface area (Å²) in [7, 11) is 0. The Hall–Kier alpha value is -2.55. The second kappa shape index (κ2) is 9.51. The number of alkyl halides is 3. The van der Waals surface area contributed by atoms with Crippen LogP contribution in [-0.2, 0) is 9.59 Å². The highest BCUT2D eigenvalue weighted by Gasteiger charge is 2.48. The second-order valence-electron chi connectivity index (χ2n) is 6.98. The van der Waals surface area contributed by atoms with Crippen LogP contribution in [0.3, 0.4) is 0 Å². The van der Waals surface area contributed by atoms with Gasteiger partial charge in [0.05, 0.1) is 12.3 Å². The minimum atomic E-state index is -5.16. The largest absolute Gasteiger partial charge is 0.492 e. The quantitative estimate of drug-likeness (QED) is 0.670. The molecule has 0 radical (unpaired) electrons. The van der Waals surface area contributed by atoms with Gasteiger partial charge in [-0.15, -0.1) is 11.3 Å². The molecule has 1 saturated carbocycles. The molecule has 0 spiro atoms. The maximum atomic E-state index is 13.6. The van der Waals surface area contributed by atoms with E-state index in [1.54, 1.807) is 30.5 Å². The first-order chi connectivity index (χ1) is 14.3. The van der Waals surface area contributed by atoms with E-state index in [4.69, 9.17) is 4.74 Å². The van der Waals surface area contributed by atoms with Crippen LogP contribution in [-0.4, -0.2) is 30.6 Å². The summed E-state index contributed by atoms with van der Waals surface area (Å²) in [4.78, 5) is 26.6. The average molecular weight is 440 g/mol. The van der Waals surface area contributed by atoms with Crippen LogP contribution in [0.25, 0.3) is 0 Å². The lowest BCUT2D eigenvalue weighted by molar-refractivity contribution is -0.171. The molecule has 1 aliphatic carbocycles. The Bertz CT molecular complexity index is 865. The molecular weight excluding hydrogens is 417 g/mol. The third kappa shape index (κ3) is 4.95. The van der Waals surface area contributed by atoms with Gasteiger partial charge in [0.15, 0.2) is 6.04 Å². The van der Waals surface area contributed by atoms with Crippen LogP contribution in [0.5, 0.6) is 5.75 Å². The molecule has 30 heavy (non-hydrogen) atoms. The van der Waals surface area contributed by atoms with Gasteiger partial charge in [-0.25, -0.2) is 0 Å². The van der Waals surface area contributed by atoms with Crippen molar-refractivity contribution >= 4 is 28.8 Å². The van der Waals surface area contributed by atoms with E-state index in [-0.39, 0.29) is 24.1 Å². The Labute approximate surface area is 176 Å². The molecule has 1 aromatic carbocycles. The fourth-order valence-corrected chi connectivity index (χ4v) is 4.42. The molecule has 1 heterocycles. The van der Waals surface area contributed by atoms with Crippen molar-refractivity contribution in [3.63, 3.8) is 0 Å². The van der Waals surface area contributed by atoms with Gasteiger partial charge in [-0.1, -0.05) is 31.0 Å². The average Bonchev–Trinajstić information content (AvgIpc) is 3.40. The molecule has 1 aliphatic rings. The molecule has 2 aromatic rings. The van der Waals surface area contributed by atoms with Crippen LogP contribution in [0.1, 0.15) is 43.5 Å². The summed E-state index contributed by atoms with van der Waals surface area (Å²) in [5.74, 6) is -2.64. The van der Waals surface area contributed by atoms with Gasteiger partial charge in [-0.05, 0) is 43.3 Å². The lowest BCUT2D eigenvalue weighted by Crippen LogP contribution is -2.50. The number of anilines is 1. The Kier molecular flexibility index (Phi) is 7.02. The van der Waals surface area contributed by atoms with Gasteiger partial charge < -0.3 is 10.1 Å². The summed E-state index contributed by atoms with van der Waals surface area (Å²) in [5, 5.41) is 4.50. The van der Waals surface area contributed by atoms with Crippen molar-refractivity contribution in [1.82, 2.24) is 5.32 Å². The number of hydrogen-bond donors (Lipinski definition) is 1. The zero-order chi connectivity index (χ0) is 21.7. The van der Waals surface area contributed by atoms with Gasteiger partial charge in [-0.3, -0.25) is 14.5 Å². The molecule has 3 rings (SSSR count). The third-order valence-electron chi connectivity index (χ3n) is 4.91. The number of rotatable bonds is 7. The predicted molar refractivity (Wildman–Crippen MR) is 109 cm³/mol. The molecule has 2 amide bonds. The van der Waals surface area contributed by atoms with E-state index >= 15 is 0 Å². The summed E-state index contributed by atoms with van der Waals surface area (Å²) >= 11 is 1.12. The third-order valence-corrected chi connectivity index (χ3v) is 5.83. The summed E-state index contributed by atoms with van der Waals surface area (Å²) in [6, 6.07) is 7.59. The van der Waals surface area contributed by atoms with Gasteiger partial charge in [0.2, 0.25) is 5.91 Å². The first-order valence-electron chi connectivity index (χ1n) is 9.79. The maximum absolute atomic E-state index is 13.6. The van der Waals surface area contributed by atoms with E-state index < -0.39 is 24.0 Å². The van der Waals surface area contributed by atoms with E-state index in [2.05, 4.69) is 5.32 Å². The fraction of sp³-hybridized carbons (Fsp3) is 0.429. The summed E-state index contributed by atoms with van der Waals surface area (Å²) in [6.45, 7) is 1.89. The topological polar surface area (TPSA) is 58.6 Å². The van der Waals surface area contributed by atoms with Crippen molar-refractivity contribution in [3.8, 4) is 5.75 Å². The fourth-order valence-electron chi connectivity index (χ4n) is 3.61. The molecule has 0 saturated heterocycles. The minimum absolute atomic E-state index is 0.0957. The van der Waals surface area contributed by atoms with E-state index in [9.17, 15) is 22.8 Å². The number of amides is 2. The Morgan fingerprint density at radius 2 is 1.90 bits per heavy atom. The number of carbonyl (C=O) groups excluding carboxylic acids is 2. The van der Waals surface area contributed by atoms with Gasteiger partial charge in [-0.2, -0.15) is 13.2 Å². The number of halogens is 3. The maximum Gasteiger partial charge on any atom is 0.471 e. The molecule has 162 valence electrons. The number of hydrogen-bond acceptors (Lipinski definition) is 4. The van der Waals surface area contributed by atoms with Crippen LogP contribution in [0, 0.1) is 0 Å². The van der Waals surface area contributed by atoms with E-state index in [1.165, 1.54) is 18.2 Å². The van der Waals surface area contributed by atoms with E-state index in [0.29, 0.717) is 9.78 Å². The zero-order valence-corrected chi connectivity index (χ0v) is 17.3. The van der Waals surface area contributed by atoms with Crippen LogP contribution in [0.4, 0.5) is 18.9 Å². The van der Waals surface area contributed by atoms with Crippen LogP contribution in [0.15, 0.2) is 41.8 Å². The van der Waals surface area contributed by atoms with Gasteiger partial charge in [0, 0.05) is 10.9 Å². The number of nitrogens with zero attached hydrogens (tertiary/aromatic N) is 1. The number of carbonyl (C=O) groups is 2. The Balaban J connectivity index is 2.09. The Morgan fingerprint density at radius 1 is 1.20 bits per heavy atom. The first kappa shape index (κ1) is 22.1. The molecule has 5 nitrogen and oxygen atoms in total. The summed E-state index contributed by atoms with van der Waals surface area (Å²) < 4.78 is 46.3. The van der Waals surface area contributed by atoms with Crippen molar-refractivity contribution in [2.75, 3.05) is 11.5 Å². The van der Waals surface area contributed by atoms with E-state index in [0.717, 1.165) is 37.0 Å². The monoisotopic (exact) mass is 440 g/mol. The molecule has 1 fully saturated rings. The van der Waals surface area contributed by atoms with Crippen LogP contribution < -0.4 is 15.0 Å². The van der Waals surface area contributed by atoms with Crippen LogP contribution in [0.2, 0.25) is 0 Å². The van der Waals surface area contributed by atoms with Crippen LogP contribution >= 0.6 is 11.3 Å². The molecule has 0 aliphatic heterocycles. The van der Waals surface area contributed by atoms with Crippen molar-refractivity contribution in [2.45, 2.75) is 50.9 Å². The lowest BCUT2D eigenvalue weighted by Gasteiger charge is -2.32. The molecule has 1 atom stereocenters. The van der Waals surface area contributed by atoms with Gasteiger partial charge in [0.1, 0.15) is 5.75 Å². The smallest absolute Gasteiger partial charge is 0.471 e. The highest BCUT2D eigenvalue weighted by atomic mass is 32.1. The van der Waals surface area contributed by atoms with Crippen molar-refractivity contribution in [2.24, 2.45) is 0 Å². The highest BCUT2D eigenvalue weighted by molar-refractivity contribution is 7.10. The number of ether oxygens (including phenoxy) is 1. The summed E-state index contributed by atoms with van der Waals surface area (Å²) in [6.07, 6.45) is -1.72. The lowest BCUT2D eigenvalue weighted by atomic mass is 10.1. The van der Waals surface area contributed by atoms with Gasteiger partial charge >= 0.3 is 12.1 Å². The van der Waals surface area contributed by atoms with Crippen molar-refractivity contribution < 1.29 is 27.5 Å². The molecule has 0 bridgehead atoms. The van der Waals surface area contributed by atoms with Gasteiger partial charge in [0.25, 0.3) is 0 Å². The van der Waals surface area contributed by atoms with E-state index in [1.807, 2.05) is 0 Å². The number of thiophene rings is 1. The normalized spacial score (nSPS) is 15.6. The van der Waals surface area contributed by atoms with Crippen molar-refractivity contribution in [3.05, 3.63) is 46.7 Å². The number of para-hydroxylation sites is 2. The number of benzene rings is 1. The highest BCUT2D eigenvalue weighted by Crippen LogP contribution is 2.39. The first-order valence-corrected chi connectivity index (χ1v) is 10.7. The molecular formula is C21H23F3N2O3S. The minimum Gasteiger partial charge on any atom is -0.492 e. The molecule has 0 unspecified atom stereocenters. The Morgan fingerprint density at radius 3 is 2.50 bits per heavy atom. The van der Waals surface area contributed by atoms with Crippen molar-refractivity contribution in [1.29, 1.82) is 0 Å². The standard InChI is InChI=1S/C21H23F3N2O3S/c1-2-29-16-11-6-5-10-15(16)26(20(28)21(22,23)24)18(17-12-7-13-30-17)19(27)25-14-8-3-4-9-14/h5-7,10-14,18H,2-4,8-9H2,1H3,(H,25,27)/t18-/m1/s1. The second-order valence-corrected chi connectivity index (χ2v) is 7.96. The predicted octanol–water partition coefficient (Wildman–Crippen LogP) is 4.84. The SMILES string of the molecule is CCOc1ccccc1N(C(=O)C(F)(F)F)[C@@H](C(=O)NC1CCCC1)c1cccs1. The molecule has 1 aromatic heterocycles. The molecule has 1 N–H and O–H groups in total.